The van der Waals surface area contributed by atoms with Crippen molar-refractivity contribution in [2.45, 2.75) is 99.6 Å². The van der Waals surface area contributed by atoms with Gasteiger partial charge in [-0.3, -0.25) is 19.2 Å². The van der Waals surface area contributed by atoms with Gasteiger partial charge in [0.2, 0.25) is 17.7 Å². The lowest BCUT2D eigenvalue weighted by atomic mass is 9.92. The molecule has 4 N–H and O–H groups in total. The molecule has 0 spiro atoms. The van der Waals surface area contributed by atoms with E-state index in [0.29, 0.717) is 11.5 Å². The van der Waals surface area contributed by atoms with Crippen molar-refractivity contribution in [1.29, 1.82) is 0 Å². The van der Waals surface area contributed by atoms with Gasteiger partial charge < -0.3 is 40.2 Å². The first-order valence-corrected chi connectivity index (χ1v) is 19.7. The van der Waals surface area contributed by atoms with Crippen molar-refractivity contribution in [1.82, 2.24) is 21.3 Å². The summed E-state index contributed by atoms with van der Waals surface area (Å²) in [4.78, 5) is 53.6. The third kappa shape index (κ3) is 16.6. The largest absolute Gasteiger partial charge is 0.497 e. The Balaban J connectivity index is 1.76. The predicted octanol–water partition coefficient (Wildman–Crippen LogP) is 6.04. The lowest BCUT2D eigenvalue weighted by Gasteiger charge is -2.32. The second-order valence-electron chi connectivity index (χ2n) is 17.5. The molecule has 0 aliphatic rings. The number of hydrogen-bond acceptors (Lipinski definition) is 8. The van der Waals surface area contributed by atoms with Crippen molar-refractivity contribution in [2.24, 2.45) is 16.2 Å². The lowest BCUT2D eigenvalue weighted by molar-refractivity contribution is -0.141. The number of methoxy groups -OCH3 is 2. The van der Waals surface area contributed by atoms with Crippen LogP contribution in [-0.2, 0) is 48.3 Å². The Kier molecular flexibility index (Phi) is 17.8. The van der Waals surface area contributed by atoms with Gasteiger partial charge in [-0.1, -0.05) is 79.7 Å². The number of nitrogens with one attached hydrogen (secondary N) is 4. The minimum atomic E-state index is -1.19. The van der Waals surface area contributed by atoms with Gasteiger partial charge in [0.05, 0.1) is 40.1 Å². The first kappa shape index (κ1) is 48.3. The SMILES string of the molecule is COc1ccc(COCC(NC(=O)C(C)(C)C)C(OCc2ccc(OC)cc2)C(=O)NCC(C)(C)CNC(=O)CC(Cc2cc(F)ccc2F)NC(=O)C(C)(C)C)cc1. The number of amides is 4. The van der Waals surface area contributed by atoms with Crippen LogP contribution in [-0.4, -0.2) is 75.7 Å². The van der Waals surface area contributed by atoms with Gasteiger partial charge in [-0.15, -0.1) is 0 Å². The molecule has 4 amide bonds. The summed E-state index contributed by atoms with van der Waals surface area (Å²) in [5, 5.41) is 11.6. The van der Waals surface area contributed by atoms with E-state index in [0.717, 1.165) is 29.3 Å². The third-order valence-electron chi connectivity index (χ3n) is 9.36. The Bertz CT molecular complexity index is 1840. The van der Waals surface area contributed by atoms with Crippen molar-refractivity contribution < 1.29 is 46.9 Å². The summed E-state index contributed by atoms with van der Waals surface area (Å²) in [6.45, 7) is 14.5. The van der Waals surface area contributed by atoms with E-state index in [1.165, 1.54) is 0 Å². The van der Waals surface area contributed by atoms with E-state index in [-0.39, 0.29) is 63.1 Å². The summed E-state index contributed by atoms with van der Waals surface area (Å²) in [6.07, 6.45) is -1.50. The second-order valence-corrected chi connectivity index (χ2v) is 17.5. The highest BCUT2D eigenvalue weighted by atomic mass is 19.1. The molecule has 3 aromatic carbocycles. The summed E-state index contributed by atoms with van der Waals surface area (Å²) in [6, 6.07) is 15.9. The summed E-state index contributed by atoms with van der Waals surface area (Å²) in [5.41, 5.74) is -0.607. The highest BCUT2D eigenvalue weighted by Crippen LogP contribution is 2.20. The van der Waals surface area contributed by atoms with Gasteiger partial charge in [-0.05, 0) is 71.0 Å². The first-order chi connectivity index (χ1) is 27.6. The van der Waals surface area contributed by atoms with Crippen LogP contribution >= 0.6 is 0 Å². The maximum Gasteiger partial charge on any atom is 0.251 e. The van der Waals surface area contributed by atoms with Crippen LogP contribution in [0.2, 0.25) is 0 Å². The van der Waals surface area contributed by atoms with Gasteiger partial charge in [0.25, 0.3) is 5.91 Å². The Labute approximate surface area is 347 Å². The second kappa shape index (κ2) is 21.8. The molecular formula is C45H62F2N4O8. The van der Waals surface area contributed by atoms with Crippen molar-refractivity contribution in [2.75, 3.05) is 33.9 Å². The first-order valence-electron chi connectivity index (χ1n) is 19.7. The van der Waals surface area contributed by atoms with E-state index < -0.39 is 57.9 Å². The molecule has 14 heteroatoms. The molecule has 0 saturated carbocycles. The van der Waals surface area contributed by atoms with Crippen LogP contribution in [0.15, 0.2) is 66.7 Å². The minimum Gasteiger partial charge on any atom is -0.497 e. The molecule has 0 heterocycles. The Morgan fingerprint density at radius 2 is 1.20 bits per heavy atom. The molecule has 3 aromatic rings. The maximum absolute atomic E-state index is 14.6. The van der Waals surface area contributed by atoms with Crippen LogP contribution in [0.1, 0.15) is 78.5 Å². The van der Waals surface area contributed by atoms with Gasteiger partial charge >= 0.3 is 0 Å². The number of benzene rings is 3. The fourth-order valence-electron chi connectivity index (χ4n) is 5.56. The maximum atomic E-state index is 14.6. The predicted molar refractivity (Wildman–Crippen MR) is 221 cm³/mol. The van der Waals surface area contributed by atoms with E-state index in [9.17, 15) is 28.0 Å². The molecule has 0 saturated heterocycles. The van der Waals surface area contributed by atoms with Crippen LogP contribution in [0, 0.1) is 27.9 Å². The molecule has 3 atom stereocenters. The molecule has 59 heavy (non-hydrogen) atoms. The Morgan fingerprint density at radius 3 is 1.75 bits per heavy atom. The van der Waals surface area contributed by atoms with Crippen LogP contribution in [0.5, 0.6) is 11.5 Å². The average Bonchev–Trinajstić information content (AvgIpc) is 3.17. The molecule has 12 nitrogen and oxygen atoms in total. The topological polar surface area (TPSA) is 153 Å². The highest BCUT2D eigenvalue weighted by Gasteiger charge is 2.35. The molecule has 0 aliphatic heterocycles. The number of ether oxygens (including phenoxy) is 4. The smallest absolute Gasteiger partial charge is 0.251 e. The highest BCUT2D eigenvalue weighted by molar-refractivity contribution is 5.85. The molecule has 0 aliphatic carbocycles. The van der Waals surface area contributed by atoms with Crippen molar-refractivity contribution in [3.8, 4) is 11.5 Å². The Morgan fingerprint density at radius 1 is 0.678 bits per heavy atom. The fourth-order valence-corrected chi connectivity index (χ4v) is 5.56. The van der Waals surface area contributed by atoms with Crippen LogP contribution < -0.4 is 30.7 Å². The number of rotatable bonds is 21. The minimum absolute atomic E-state index is 0.0342. The summed E-state index contributed by atoms with van der Waals surface area (Å²) in [5.74, 6) is -1.51. The van der Waals surface area contributed by atoms with Crippen molar-refractivity contribution in [3.63, 3.8) is 0 Å². The van der Waals surface area contributed by atoms with Crippen molar-refractivity contribution in [3.05, 3.63) is 95.1 Å². The molecule has 0 aromatic heterocycles. The van der Waals surface area contributed by atoms with Gasteiger partial charge in [-0.2, -0.15) is 0 Å². The van der Waals surface area contributed by atoms with E-state index in [2.05, 4.69) is 21.3 Å². The fraction of sp³-hybridized carbons (Fsp3) is 0.511. The monoisotopic (exact) mass is 824 g/mol. The molecule has 0 bridgehead atoms. The number of carbonyl (C=O) groups is 4. The average molecular weight is 825 g/mol. The van der Waals surface area contributed by atoms with Crippen LogP contribution in [0.25, 0.3) is 0 Å². The van der Waals surface area contributed by atoms with Gasteiger partial charge in [-0.25, -0.2) is 8.78 Å². The van der Waals surface area contributed by atoms with Crippen LogP contribution in [0.4, 0.5) is 8.78 Å². The van der Waals surface area contributed by atoms with E-state index in [4.69, 9.17) is 18.9 Å². The molecule has 324 valence electrons. The van der Waals surface area contributed by atoms with E-state index >= 15 is 0 Å². The van der Waals surface area contributed by atoms with Gasteiger partial charge in [0.1, 0.15) is 23.1 Å². The van der Waals surface area contributed by atoms with E-state index in [1.807, 2.05) is 50.2 Å². The number of carbonyl (C=O) groups excluding carboxylic acids is 4. The normalized spacial score (nSPS) is 13.4. The zero-order chi connectivity index (χ0) is 44.0. The zero-order valence-corrected chi connectivity index (χ0v) is 36.1. The molecular weight excluding hydrogens is 763 g/mol. The number of halogens is 2. The third-order valence-corrected chi connectivity index (χ3v) is 9.36. The lowest BCUT2D eigenvalue weighted by Crippen LogP contribution is -2.56. The molecule has 3 unspecified atom stereocenters. The Hall–Kier alpha value is -5.08. The van der Waals surface area contributed by atoms with Gasteiger partial charge in [0.15, 0.2) is 6.10 Å². The quantitative estimate of drug-likeness (QED) is 0.102. The molecule has 3 rings (SSSR count). The molecule has 0 radical (unpaired) electrons. The molecule has 0 fully saturated rings. The van der Waals surface area contributed by atoms with Gasteiger partial charge in [0, 0.05) is 36.4 Å². The summed E-state index contributed by atoms with van der Waals surface area (Å²) < 4.78 is 51.4. The van der Waals surface area contributed by atoms with E-state index in [1.54, 1.807) is 67.9 Å². The number of hydrogen-bond donors (Lipinski definition) is 4. The van der Waals surface area contributed by atoms with Crippen molar-refractivity contribution >= 4 is 23.6 Å². The summed E-state index contributed by atoms with van der Waals surface area (Å²) in [7, 11) is 3.15. The standard InChI is InChI=1S/C45H62F2N4O8/c1-43(2,3)41(54)50-33(22-31-21-32(46)15-20-36(31)47)23-38(52)48-27-45(7,8)28-49-40(53)39(59-25-30-13-18-35(57-10)19-14-30)37(51-42(55)44(4,5)6)26-58-24-29-11-16-34(56-9)17-12-29/h11-21,33,37,39H,22-28H2,1-10H3,(H,48,52)(H,49,53)(H,50,54)(H,51,55). The summed E-state index contributed by atoms with van der Waals surface area (Å²) >= 11 is 0. The van der Waals surface area contributed by atoms with Crippen LogP contribution in [0.3, 0.4) is 0 Å². The zero-order valence-electron chi connectivity index (χ0n) is 36.1.